The van der Waals surface area contributed by atoms with E-state index >= 15 is 0 Å². The highest BCUT2D eigenvalue weighted by molar-refractivity contribution is 5.90. The van der Waals surface area contributed by atoms with Crippen molar-refractivity contribution in [1.82, 2.24) is 0 Å². The average Bonchev–Trinajstić information content (AvgIpc) is 0.871. The Balaban J connectivity index is 0.997. The molecule has 23 nitrogen and oxygen atoms in total. The second kappa shape index (κ2) is 78.6. The molecule has 0 aliphatic heterocycles. The number of carbonyl (C=O) groups is 7. The first-order valence-electron chi connectivity index (χ1n) is 54.0. The second-order valence-corrected chi connectivity index (χ2v) is 37.2. The van der Waals surface area contributed by atoms with Crippen molar-refractivity contribution in [2.75, 3.05) is 93.6 Å². The van der Waals surface area contributed by atoms with Gasteiger partial charge in [-0.05, 0) is 171 Å². The lowest BCUT2D eigenvalue weighted by Gasteiger charge is -2.24. The molecule has 0 unspecified atom stereocenters. The summed E-state index contributed by atoms with van der Waals surface area (Å²) in [4.78, 5) is 96.5. The molecule has 6 rings (SSSR count). The Morgan fingerprint density at radius 3 is 0.529 bits per heavy atom. The highest BCUT2D eigenvalue weighted by Gasteiger charge is 2.19. The van der Waals surface area contributed by atoms with Crippen LogP contribution >= 0.6 is 0 Å². The van der Waals surface area contributed by atoms with Gasteiger partial charge in [-0.1, -0.05) is 336 Å². The van der Waals surface area contributed by atoms with Crippen LogP contribution in [0.4, 0.5) is 51.2 Å². The number of esters is 6. The van der Waals surface area contributed by atoms with E-state index in [0.29, 0.717) is 97.1 Å². The molecule has 0 heterocycles. The van der Waals surface area contributed by atoms with E-state index in [9.17, 15) is 38.7 Å². The fourth-order valence-corrected chi connectivity index (χ4v) is 16.8. The topological polar surface area (TPSA) is 279 Å². The highest BCUT2D eigenvalue weighted by Crippen LogP contribution is 2.30. The number of anilines is 3. The molecule has 6 aromatic rings. The van der Waals surface area contributed by atoms with Crippen LogP contribution in [0.15, 0.2) is 176 Å². The minimum absolute atomic E-state index is 0.0279. The van der Waals surface area contributed by atoms with E-state index in [1.807, 2.05) is 65.6 Å². The third kappa shape index (κ3) is 57.4. The summed E-state index contributed by atoms with van der Waals surface area (Å²) in [5.74, 6) is -2.96. The summed E-state index contributed by atoms with van der Waals surface area (Å²) >= 11 is 0. The summed E-state index contributed by atoms with van der Waals surface area (Å²) in [5.41, 5.74) is 6.35. The van der Waals surface area contributed by atoms with E-state index in [0.717, 1.165) is 94.1 Å². The van der Waals surface area contributed by atoms with Gasteiger partial charge in [0.2, 0.25) is 0 Å². The number of aromatic carboxylic acids is 1. The molecule has 0 aliphatic rings. The smallest absolute Gasteiger partial charge is 0.338 e. The van der Waals surface area contributed by atoms with Crippen LogP contribution in [0.2, 0.25) is 0 Å². The van der Waals surface area contributed by atoms with Gasteiger partial charge in [-0.25, -0.2) is 14.4 Å². The maximum Gasteiger partial charge on any atom is 0.338 e. The first-order chi connectivity index (χ1) is 67.7. The molecular formula is C115H173N9O14. The second-order valence-electron chi connectivity index (χ2n) is 37.2. The molecule has 0 bridgehead atoms. The number of hydrogen-bond acceptors (Lipinski definition) is 22. The minimum atomic E-state index is -1.04. The zero-order chi connectivity index (χ0) is 98.2. The third-order valence-electron chi connectivity index (χ3n) is 25.4. The SMILES string of the molecule is CCCCCCCCCCCCCCCC(=O)OCCN(CCOC(=O)CCCCCCCCCCCCCCC)c1ccc(N=Nc2ccc(C(=O)OCCN(CCOC(=O)c3ccc(N=Nc4ccc(N(CCOC(=O)CCCCCCCCCCCCCCC)CCOC(=O)CCCCCCCCCCCCCCC)cc4)cc3)c3ccc(N=Nc4ccc(C(=O)O)cc4)cc3)cc2)cc1. The normalized spacial score (nSPS) is 11.4. The van der Waals surface area contributed by atoms with Crippen molar-refractivity contribution >= 4 is 93.0 Å². The van der Waals surface area contributed by atoms with Crippen molar-refractivity contribution in [3.63, 3.8) is 0 Å². The first kappa shape index (κ1) is 117. The summed E-state index contributed by atoms with van der Waals surface area (Å²) in [6.07, 6.45) is 65.8. The zero-order valence-electron chi connectivity index (χ0n) is 85.2. The van der Waals surface area contributed by atoms with Crippen LogP contribution in [-0.2, 0) is 47.6 Å². The van der Waals surface area contributed by atoms with Crippen molar-refractivity contribution < 1.29 is 67.1 Å². The van der Waals surface area contributed by atoms with E-state index < -0.39 is 17.9 Å². The van der Waals surface area contributed by atoms with Gasteiger partial charge in [-0.3, -0.25) is 19.2 Å². The number of benzene rings is 6. The van der Waals surface area contributed by atoms with Gasteiger partial charge < -0.3 is 48.2 Å². The van der Waals surface area contributed by atoms with Crippen LogP contribution < -0.4 is 14.7 Å². The molecule has 6 aromatic carbocycles. The van der Waals surface area contributed by atoms with Crippen molar-refractivity contribution in [1.29, 1.82) is 0 Å². The molecule has 0 aliphatic carbocycles. The average molecular weight is 1910 g/mol. The number of hydrogen-bond donors (Lipinski definition) is 1. The zero-order valence-corrected chi connectivity index (χ0v) is 85.2. The number of carboxylic acid groups (broad SMARTS) is 1. The lowest BCUT2D eigenvalue weighted by Crippen LogP contribution is -2.32. The van der Waals surface area contributed by atoms with Crippen molar-refractivity contribution in [2.24, 2.45) is 30.7 Å². The van der Waals surface area contributed by atoms with Crippen LogP contribution in [-0.4, -0.2) is 126 Å². The van der Waals surface area contributed by atoms with Crippen LogP contribution in [0.25, 0.3) is 0 Å². The summed E-state index contributed by atoms with van der Waals surface area (Å²) < 4.78 is 34.7. The maximum absolute atomic E-state index is 13.6. The number of unbranched alkanes of at least 4 members (excludes halogenated alkanes) is 48. The summed E-state index contributed by atoms with van der Waals surface area (Å²) in [6.45, 7) is 11.8. The molecule has 0 amide bonds. The number of rotatable bonds is 86. The molecular weight excluding hydrogens is 1730 g/mol. The summed E-state index contributed by atoms with van der Waals surface area (Å²) in [6, 6.07) is 41.6. The van der Waals surface area contributed by atoms with Crippen LogP contribution in [0.5, 0.6) is 0 Å². The standard InChI is InChI=1S/C115H173N9O14/c1-5-9-13-17-21-25-29-33-37-41-45-49-53-57-109(125)133-91-85-122(86-92-134-110(126)58-54-50-46-42-38-34-30-26-22-18-14-10-6-2)106-79-73-104(74-80-106)120-117-101-69-63-98(64-70-101)114(131)137-95-89-124(108-83-77-103(78-84-108)119-116-100-67-61-97(62-68-100)113(129)130)90-96-138-115(132)99-65-71-102(72-66-99)118-121-105-75-81-107(82-76-105)123(87-93-135-111(127)59-55-51-47-43-39-35-31-27-23-19-15-11-7-3)88-94-136-112(128)60-56-52-48-44-40-36-32-28-24-20-16-12-8-4/h61-84H,5-60,85-96H2,1-4H3,(H,129,130). The molecule has 0 radical (unpaired) electrons. The minimum Gasteiger partial charge on any atom is -0.478 e. The van der Waals surface area contributed by atoms with E-state index in [1.54, 1.807) is 72.8 Å². The molecule has 0 saturated heterocycles. The molecule has 1 N–H and O–H groups in total. The lowest BCUT2D eigenvalue weighted by molar-refractivity contribution is -0.144. The molecule has 762 valence electrons. The predicted molar refractivity (Wildman–Crippen MR) is 560 cm³/mol. The number of azo groups is 3. The third-order valence-corrected chi connectivity index (χ3v) is 25.4. The molecule has 0 aromatic heterocycles. The van der Waals surface area contributed by atoms with Crippen molar-refractivity contribution in [3.8, 4) is 0 Å². The monoisotopic (exact) mass is 1900 g/mol. The van der Waals surface area contributed by atoms with Gasteiger partial charge in [0.1, 0.15) is 39.6 Å². The number of carbonyl (C=O) groups excluding carboxylic acids is 6. The van der Waals surface area contributed by atoms with Gasteiger partial charge in [0.25, 0.3) is 0 Å². The number of carboxylic acids is 1. The van der Waals surface area contributed by atoms with Gasteiger partial charge in [0.15, 0.2) is 0 Å². The van der Waals surface area contributed by atoms with Crippen LogP contribution in [0.1, 0.15) is 418 Å². The predicted octanol–water partition coefficient (Wildman–Crippen LogP) is 32.9. The quantitative estimate of drug-likeness (QED) is 0.0161. The lowest BCUT2D eigenvalue weighted by atomic mass is 10.0. The van der Waals surface area contributed by atoms with Crippen molar-refractivity contribution in [2.45, 2.75) is 387 Å². The Morgan fingerprint density at radius 1 is 0.203 bits per heavy atom. The number of nitrogens with zero attached hydrogens (tertiary/aromatic N) is 9. The molecule has 138 heavy (non-hydrogen) atoms. The molecule has 0 fully saturated rings. The van der Waals surface area contributed by atoms with Crippen molar-refractivity contribution in [3.05, 3.63) is 162 Å². The van der Waals surface area contributed by atoms with Gasteiger partial charge in [0, 0.05) is 42.7 Å². The molecule has 0 spiro atoms. The van der Waals surface area contributed by atoms with Gasteiger partial charge >= 0.3 is 41.8 Å². The largest absolute Gasteiger partial charge is 0.478 e. The Kier molecular flexibility index (Phi) is 66.4. The fraction of sp³-hybridized carbons (Fsp3) is 0.626. The summed E-state index contributed by atoms with van der Waals surface area (Å²) in [7, 11) is 0. The first-order valence-corrected chi connectivity index (χ1v) is 54.0. The molecule has 0 atom stereocenters. The van der Waals surface area contributed by atoms with Gasteiger partial charge in [-0.15, -0.1) is 0 Å². The Labute approximate surface area is 829 Å². The van der Waals surface area contributed by atoms with E-state index in [2.05, 4.69) is 68.2 Å². The van der Waals surface area contributed by atoms with E-state index in [4.69, 9.17) is 28.4 Å². The Bertz CT molecular complexity index is 3930. The fourth-order valence-electron chi connectivity index (χ4n) is 16.8. The van der Waals surface area contributed by atoms with E-state index in [-0.39, 0.29) is 82.2 Å². The van der Waals surface area contributed by atoms with Gasteiger partial charge in [0.05, 0.1) is 90.1 Å². The maximum atomic E-state index is 13.6. The van der Waals surface area contributed by atoms with Crippen LogP contribution in [0.3, 0.4) is 0 Å². The van der Waals surface area contributed by atoms with E-state index in [1.165, 1.54) is 269 Å². The van der Waals surface area contributed by atoms with Crippen LogP contribution in [0, 0.1) is 0 Å². The molecule has 0 saturated carbocycles. The Morgan fingerprint density at radius 2 is 0.355 bits per heavy atom. The highest BCUT2D eigenvalue weighted by atomic mass is 16.6. The summed E-state index contributed by atoms with van der Waals surface area (Å²) in [5, 5.41) is 35.9. The van der Waals surface area contributed by atoms with Gasteiger partial charge in [-0.2, -0.15) is 30.7 Å². The Hall–Kier alpha value is -10.2. The number of ether oxygens (including phenoxy) is 6. The molecule has 23 heteroatoms.